The predicted octanol–water partition coefficient (Wildman–Crippen LogP) is 2.08. The molecule has 66 valence electrons. The molecule has 0 bridgehead atoms. The Morgan fingerprint density at radius 3 is 2.73 bits per heavy atom. The zero-order valence-electron chi connectivity index (χ0n) is 7.52. The van der Waals surface area contributed by atoms with E-state index in [1.165, 1.54) is 0 Å². The molecular formula is C9H18FN. The summed E-state index contributed by atoms with van der Waals surface area (Å²) in [6, 6.07) is 0. The second kappa shape index (κ2) is 4.05. The Labute approximate surface area is 68.6 Å². The van der Waals surface area contributed by atoms with Gasteiger partial charge in [0.2, 0.25) is 0 Å². The second-order valence-corrected chi connectivity index (χ2v) is 3.37. The van der Waals surface area contributed by atoms with Crippen LogP contribution in [0.2, 0.25) is 0 Å². The lowest BCUT2D eigenvalue weighted by Crippen LogP contribution is -2.40. The highest BCUT2D eigenvalue weighted by molar-refractivity contribution is 4.78. The van der Waals surface area contributed by atoms with Crippen LogP contribution in [0.1, 0.15) is 26.7 Å². The van der Waals surface area contributed by atoms with Crippen LogP contribution in [0.5, 0.6) is 0 Å². The van der Waals surface area contributed by atoms with Crippen LogP contribution in [-0.2, 0) is 0 Å². The Hall–Kier alpha value is -0.110. The number of likely N-dealkylation sites (tertiary alicyclic amines) is 1. The molecule has 0 spiro atoms. The van der Waals surface area contributed by atoms with Crippen molar-refractivity contribution in [3.05, 3.63) is 0 Å². The van der Waals surface area contributed by atoms with Crippen LogP contribution < -0.4 is 0 Å². The van der Waals surface area contributed by atoms with Crippen LogP contribution in [0.25, 0.3) is 0 Å². The van der Waals surface area contributed by atoms with Crippen LogP contribution in [0, 0.1) is 5.92 Å². The minimum absolute atomic E-state index is 0.295. The Morgan fingerprint density at radius 1 is 1.45 bits per heavy atom. The topological polar surface area (TPSA) is 3.24 Å². The summed E-state index contributed by atoms with van der Waals surface area (Å²) in [5.41, 5.74) is 0. The summed E-state index contributed by atoms with van der Waals surface area (Å²) < 4.78 is 13.1. The molecule has 1 aliphatic heterocycles. The number of alkyl halides is 1. The van der Waals surface area contributed by atoms with Gasteiger partial charge in [0.1, 0.15) is 6.17 Å². The van der Waals surface area contributed by atoms with E-state index in [9.17, 15) is 4.39 Å². The first-order valence-electron chi connectivity index (χ1n) is 4.64. The van der Waals surface area contributed by atoms with Gasteiger partial charge in [-0.2, -0.15) is 0 Å². The highest BCUT2D eigenvalue weighted by Crippen LogP contribution is 2.22. The number of piperidine rings is 1. The van der Waals surface area contributed by atoms with Gasteiger partial charge in [0.25, 0.3) is 0 Å². The third kappa shape index (κ3) is 2.16. The molecule has 2 atom stereocenters. The third-order valence-corrected chi connectivity index (χ3v) is 2.70. The molecule has 1 rings (SSSR count). The molecule has 1 aliphatic rings. The van der Waals surface area contributed by atoms with Gasteiger partial charge in [-0.25, -0.2) is 4.39 Å². The Balaban J connectivity index is 2.37. The van der Waals surface area contributed by atoms with Crippen molar-refractivity contribution < 1.29 is 4.39 Å². The van der Waals surface area contributed by atoms with E-state index in [4.69, 9.17) is 0 Å². The zero-order chi connectivity index (χ0) is 8.27. The highest BCUT2D eigenvalue weighted by atomic mass is 19.1. The SMILES string of the molecule is CCC1CN(CC)CCC1F. The monoisotopic (exact) mass is 159 g/mol. The molecule has 0 radical (unpaired) electrons. The molecule has 0 aromatic rings. The molecule has 0 aromatic heterocycles. The van der Waals surface area contributed by atoms with Gasteiger partial charge in [0.15, 0.2) is 0 Å². The third-order valence-electron chi connectivity index (χ3n) is 2.70. The van der Waals surface area contributed by atoms with Crippen molar-refractivity contribution in [3.8, 4) is 0 Å². The molecule has 11 heavy (non-hydrogen) atoms. The number of halogens is 1. The molecule has 1 fully saturated rings. The lowest BCUT2D eigenvalue weighted by atomic mass is 9.94. The summed E-state index contributed by atoms with van der Waals surface area (Å²) >= 11 is 0. The van der Waals surface area contributed by atoms with Crippen LogP contribution in [-0.4, -0.2) is 30.7 Å². The fourth-order valence-corrected chi connectivity index (χ4v) is 1.75. The van der Waals surface area contributed by atoms with Crippen molar-refractivity contribution in [2.24, 2.45) is 5.92 Å². The van der Waals surface area contributed by atoms with Gasteiger partial charge >= 0.3 is 0 Å². The van der Waals surface area contributed by atoms with Crippen LogP contribution in [0.3, 0.4) is 0 Å². The molecule has 1 saturated heterocycles. The predicted molar refractivity (Wildman–Crippen MR) is 45.4 cm³/mol. The summed E-state index contributed by atoms with van der Waals surface area (Å²) in [5, 5.41) is 0. The zero-order valence-corrected chi connectivity index (χ0v) is 7.52. The van der Waals surface area contributed by atoms with Crippen LogP contribution in [0.15, 0.2) is 0 Å². The van der Waals surface area contributed by atoms with E-state index in [0.29, 0.717) is 5.92 Å². The lowest BCUT2D eigenvalue weighted by Gasteiger charge is -2.33. The van der Waals surface area contributed by atoms with E-state index in [1.54, 1.807) is 0 Å². The van der Waals surface area contributed by atoms with Crippen LogP contribution in [0.4, 0.5) is 4.39 Å². The van der Waals surface area contributed by atoms with Gasteiger partial charge in [0.05, 0.1) is 0 Å². The Bertz CT molecular complexity index is 116. The number of rotatable bonds is 2. The van der Waals surface area contributed by atoms with E-state index >= 15 is 0 Å². The highest BCUT2D eigenvalue weighted by Gasteiger charge is 2.26. The fourth-order valence-electron chi connectivity index (χ4n) is 1.75. The molecule has 2 unspecified atom stereocenters. The maximum absolute atomic E-state index is 13.1. The number of nitrogens with zero attached hydrogens (tertiary/aromatic N) is 1. The van der Waals surface area contributed by atoms with E-state index in [1.807, 2.05) is 0 Å². The molecule has 1 heterocycles. The Kier molecular flexibility index (Phi) is 3.31. The van der Waals surface area contributed by atoms with Crippen molar-refractivity contribution in [3.63, 3.8) is 0 Å². The van der Waals surface area contributed by atoms with E-state index in [0.717, 1.165) is 32.5 Å². The largest absolute Gasteiger partial charge is 0.303 e. The summed E-state index contributed by atoms with van der Waals surface area (Å²) in [6.07, 6.45) is 1.19. The van der Waals surface area contributed by atoms with Crippen molar-refractivity contribution in [2.45, 2.75) is 32.9 Å². The average Bonchev–Trinajstić information content (AvgIpc) is 2.05. The fraction of sp³-hybridized carbons (Fsp3) is 1.00. The number of hydrogen-bond acceptors (Lipinski definition) is 1. The minimum atomic E-state index is -0.539. The normalized spacial score (nSPS) is 34.1. The van der Waals surface area contributed by atoms with Crippen LogP contribution >= 0.6 is 0 Å². The summed E-state index contributed by atoms with van der Waals surface area (Å²) in [6.45, 7) is 7.22. The molecule has 0 N–H and O–H groups in total. The maximum Gasteiger partial charge on any atom is 0.105 e. The van der Waals surface area contributed by atoms with Gasteiger partial charge in [0, 0.05) is 19.0 Å². The second-order valence-electron chi connectivity index (χ2n) is 3.37. The van der Waals surface area contributed by atoms with Crippen molar-refractivity contribution in [1.29, 1.82) is 0 Å². The number of hydrogen-bond donors (Lipinski definition) is 0. The average molecular weight is 159 g/mol. The first kappa shape index (κ1) is 8.98. The van der Waals surface area contributed by atoms with Crippen molar-refractivity contribution in [2.75, 3.05) is 19.6 Å². The quantitative estimate of drug-likeness (QED) is 0.596. The maximum atomic E-state index is 13.1. The van der Waals surface area contributed by atoms with Gasteiger partial charge in [-0.05, 0) is 19.4 Å². The van der Waals surface area contributed by atoms with Gasteiger partial charge in [-0.1, -0.05) is 13.8 Å². The summed E-state index contributed by atoms with van der Waals surface area (Å²) in [7, 11) is 0. The lowest BCUT2D eigenvalue weighted by molar-refractivity contribution is 0.0891. The first-order chi connectivity index (χ1) is 5.27. The minimum Gasteiger partial charge on any atom is -0.303 e. The van der Waals surface area contributed by atoms with Gasteiger partial charge in [-0.3, -0.25) is 0 Å². The molecule has 0 aromatic carbocycles. The Morgan fingerprint density at radius 2 is 2.18 bits per heavy atom. The first-order valence-corrected chi connectivity index (χ1v) is 4.64. The van der Waals surface area contributed by atoms with Gasteiger partial charge in [-0.15, -0.1) is 0 Å². The van der Waals surface area contributed by atoms with Crippen molar-refractivity contribution in [1.82, 2.24) is 4.90 Å². The van der Waals surface area contributed by atoms with E-state index in [2.05, 4.69) is 18.7 Å². The summed E-state index contributed by atoms with van der Waals surface area (Å²) in [5.74, 6) is 0.295. The smallest absolute Gasteiger partial charge is 0.105 e. The molecule has 0 amide bonds. The van der Waals surface area contributed by atoms with E-state index < -0.39 is 6.17 Å². The molecule has 0 aliphatic carbocycles. The molecule has 1 nitrogen and oxygen atoms in total. The molecule has 0 saturated carbocycles. The van der Waals surface area contributed by atoms with E-state index in [-0.39, 0.29) is 0 Å². The molecule has 2 heteroatoms. The molecular weight excluding hydrogens is 141 g/mol. The van der Waals surface area contributed by atoms with Crippen molar-refractivity contribution >= 4 is 0 Å². The standard InChI is InChI=1S/C9H18FN/c1-3-8-7-11(4-2)6-5-9(8)10/h8-9H,3-7H2,1-2H3. The summed E-state index contributed by atoms with van der Waals surface area (Å²) in [4.78, 5) is 2.34. The van der Waals surface area contributed by atoms with Gasteiger partial charge < -0.3 is 4.90 Å².